The van der Waals surface area contributed by atoms with Crippen LogP contribution >= 0.6 is 0 Å². The summed E-state index contributed by atoms with van der Waals surface area (Å²) in [5.41, 5.74) is 0. The van der Waals surface area contributed by atoms with Crippen LogP contribution in [-0.4, -0.2) is 49.9 Å². The third-order valence-electron chi connectivity index (χ3n) is 2.62. The van der Waals surface area contributed by atoms with Gasteiger partial charge in [-0.15, -0.1) is 0 Å². The maximum absolute atomic E-state index is 11.0. The lowest BCUT2D eigenvalue weighted by molar-refractivity contribution is -0.0590. The van der Waals surface area contributed by atoms with Gasteiger partial charge in [-0.2, -0.15) is 0 Å². The molecule has 0 spiro atoms. The van der Waals surface area contributed by atoms with Crippen molar-refractivity contribution < 1.29 is 33.3 Å². The van der Waals surface area contributed by atoms with Crippen LogP contribution in [0.5, 0.6) is 0 Å². The first kappa shape index (κ1) is 8.93. The summed E-state index contributed by atoms with van der Waals surface area (Å²) in [4.78, 5) is 22.0. The van der Waals surface area contributed by atoms with E-state index in [0.717, 1.165) is 0 Å². The first-order valence-corrected chi connectivity index (χ1v) is 4.56. The predicted molar refractivity (Wildman–Crippen MR) is 41.1 cm³/mol. The smallest absolute Gasteiger partial charge is 0.425 e. The molecule has 3 aliphatic heterocycles. The lowest BCUT2D eigenvalue weighted by Gasteiger charge is -2.16. The van der Waals surface area contributed by atoms with E-state index in [1.54, 1.807) is 0 Å². The van der Waals surface area contributed by atoms with Gasteiger partial charge in [0.1, 0.15) is 12.2 Å². The van der Waals surface area contributed by atoms with Crippen LogP contribution in [0.2, 0.25) is 0 Å². The molecule has 3 heterocycles. The van der Waals surface area contributed by atoms with E-state index in [-0.39, 0.29) is 25.4 Å². The molecule has 7 heteroatoms. The molecule has 4 bridgehead atoms. The van der Waals surface area contributed by atoms with Crippen molar-refractivity contribution >= 4 is 12.3 Å². The SMILES string of the molecule is O=C1OC(=O)O[C@@H]2CO[C@H]3[C@@H]2OC[C@H]3O1. The molecule has 15 heavy (non-hydrogen) atoms. The molecule has 3 aliphatic rings. The van der Waals surface area contributed by atoms with Gasteiger partial charge >= 0.3 is 12.3 Å². The third-order valence-corrected chi connectivity index (χ3v) is 2.62. The molecule has 3 saturated heterocycles. The maximum Gasteiger partial charge on any atom is 0.519 e. The van der Waals surface area contributed by atoms with Crippen molar-refractivity contribution in [1.29, 1.82) is 0 Å². The molecule has 0 unspecified atom stereocenters. The van der Waals surface area contributed by atoms with Gasteiger partial charge < -0.3 is 23.7 Å². The van der Waals surface area contributed by atoms with E-state index in [9.17, 15) is 9.59 Å². The quantitative estimate of drug-likeness (QED) is 0.410. The second-order valence-electron chi connectivity index (χ2n) is 3.51. The average Bonchev–Trinajstić information content (AvgIpc) is 2.71. The van der Waals surface area contributed by atoms with E-state index in [4.69, 9.17) is 18.9 Å². The fourth-order valence-corrected chi connectivity index (χ4v) is 1.99. The van der Waals surface area contributed by atoms with Gasteiger partial charge in [-0.3, -0.25) is 0 Å². The average molecular weight is 216 g/mol. The van der Waals surface area contributed by atoms with Gasteiger partial charge in [-0.25, -0.2) is 9.59 Å². The Labute approximate surface area is 84.2 Å². The standard InChI is InChI=1S/C8H8O7/c9-7-13-3-1-11-6-4(2-12-5(3)6)14-8(10)15-7/h3-6H,1-2H2/t3-,4-,5-,6-/m1/s1. The number of carbonyl (C=O) groups is 2. The van der Waals surface area contributed by atoms with Crippen LogP contribution in [-0.2, 0) is 23.7 Å². The highest BCUT2D eigenvalue weighted by Gasteiger charge is 2.52. The van der Waals surface area contributed by atoms with E-state index < -0.39 is 24.5 Å². The summed E-state index contributed by atoms with van der Waals surface area (Å²) in [5, 5.41) is 0. The zero-order chi connectivity index (χ0) is 10.4. The number of ether oxygens (including phenoxy) is 5. The molecule has 7 nitrogen and oxygen atoms in total. The second kappa shape index (κ2) is 3.07. The topological polar surface area (TPSA) is 80.3 Å². The van der Waals surface area contributed by atoms with Crippen LogP contribution in [0.15, 0.2) is 0 Å². The fourth-order valence-electron chi connectivity index (χ4n) is 1.99. The molecule has 0 aliphatic carbocycles. The zero-order valence-corrected chi connectivity index (χ0v) is 7.58. The van der Waals surface area contributed by atoms with Gasteiger partial charge in [0, 0.05) is 0 Å². The van der Waals surface area contributed by atoms with Gasteiger partial charge in [0.2, 0.25) is 0 Å². The highest BCUT2D eigenvalue weighted by molar-refractivity contribution is 5.77. The molecule has 4 atom stereocenters. The van der Waals surface area contributed by atoms with E-state index in [2.05, 4.69) is 4.74 Å². The number of cyclic esters (lactones) is 2. The molecular formula is C8H8O7. The molecule has 0 radical (unpaired) electrons. The van der Waals surface area contributed by atoms with Crippen LogP contribution in [0.25, 0.3) is 0 Å². The van der Waals surface area contributed by atoms with Crippen LogP contribution in [0.4, 0.5) is 9.59 Å². The normalized spacial score (nSPS) is 43.5. The van der Waals surface area contributed by atoms with Crippen molar-refractivity contribution in [2.75, 3.05) is 13.2 Å². The number of carbonyl (C=O) groups excluding carboxylic acids is 2. The van der Waals surface area contributed by atoms with Crippen LogP contribution in [0, 0.1) is 0 Å². The molecule has 0 N–H and O–H groups in total. The Morgan fingerprint density at radius 2 is 1.33 bits per heavy atom. The molecular weight excluding hydrogens is 208 g/mol. The Morgan fingerprint density at radius 3 is 1.80 bits per heavy atom. The molecule has 3 rings (SSSR count). The fraction of sp³-hybridized carbons (Fsp3) is 0.750. The molecule has 82 valence electrons. The summed E-state index contributed by atoms with van der Waals surface area (Å²) < 4.78 is 24.6. The van der Waals surface area contributed by atoms with Gasteiger partial charge in [0.25, 0.3) is 0 Å². The summed E-state index contributed by atoms with van der Waals surface area (Å²) in [6.07, 6.45) is -3.94. The molecule has 0 aromatic carbocycles. The lowest BCUT2D eigenvalue weighted by atomic mass is 10.1. The van der Waals surface area contributed by atoms with E-state index in [1.165, 1.54) is 0 Å². The largest absolute Gasteiger partial charge is 0.519 e. The predicted octanol–water partition coefficient (Wildman–Crippen LogP) is -0.175. The van der Waals surface area contributed by atoms with Crippen molar-refractivity contribution in [1.82, 2.24) is 0 Å². The van der Waals surface area contributed by atoms with Gasteiger partial charge in [-0.05, 0) is 0 Å². The van der Waals surface area contributed by atoms with Crippen molar-refractivity contribution in [3.8, 4) is 0 Å². The first-order valence-electron chi connectivity index (χ1n) is 4.56. The van der Waals surface area contributed by atoms with E-state index in [0.29, 0.717) is 0 Å². The summed E-state index contributed by atoms with van der Waals surface area (Å²) in [6, 6.07) is 0. The van der Waals surface area contributed by atoms with Gasteiger partial charge in [0.05, 0.1) is 13.2 Å². The Morgan fingerprint density at radius 1 is 0.867 bits per heavy atom. The van der Waals surface area contributed by atoms with Crippen molar-refractivity contribution in [2.45, 2.75) is 24.4 Å². The zero-order valence-electron chi connectivity index (χ0n) is 7.58. The van der Waals surface area contributed by atoms with Crippen LogP contribution in [0.1, 0.15) is 0 Å². The number of rotatable bonds is 0. The summed E-state index contributed by atoms with van der Waals surface area (Å²) in [7, 11) is 0. The summed E-state index contributed by atoms with van der Waals surface area (Å²) in [6.45, 7) is 0.469. The molecule has 0 amide bonds. The molecule has 0 aromatic rings. The minimum atomic E-state index is -1.08. The monoisotopic (exact) mass is 216 g/mol. The first-order chi connectivity index (χ1) is 7.24. The Bertz CT molecular complexity index is 284. The van der Waals surface area contributed by atoms with E-state index in [1.807, 2.05) is 0 Å². The molecule has 3 fully saturated rings. The third kappa shape index (κ3) is 1.35. The Kier molecular flexibility index (Phi) is 1.83. The van der Waals surface area contributed by atoms with Crippen LogP contribution in [0.3, 0.4) is 0 Å². The maximum atomic E-state index is 11.0. The van der Waals surface area contributed by atoms with Crippen molar-refractivity contribution in [3.63, 3.8) is 0 Å². The number of hydrogen-bond acceptors (Lipinski definition) is 7. The minimum Gasteiger partial charge on any atom is -0.425 e. The molecule has 0 aromatic heterocycles. The van der Waals surface area contributed by atoms with Gasteiger partial charge in [0.15, 0.2) is 12.2 Å². The summed E-state index contributed by atoms with van der Waals surface area (Å²) in [5.74, 6) is 0. The van der Waals surface area contributed by atoms with E-state index >= 15 is 0 Å². The van der Waals surface area contributed by atoms with Crippen LogP contribution < -0.4 is 0 Å². The highest BCUT2D eigenvalue weighted by atomic mass is 16.8. The van der Waals surface area contributed by atoms with Crippen molar-refractivity contribution in [3.05, 3.63) is 0 Å². The number of hydrogen-bond donors (Lipinski definition) is 0. The Hall–Kier alpha value is -1.34. The summed E-state index contributed by atoms with van der Waals surface area (Å²) >= 11 is 0. The molecule has 0 saturated carbocycles. The van der Waals surface area contributed by atoms with Crippen molar-refractivity contribution in [2.24, 2.45) is 0 Å². The van der Waals surface area contributed by atoms with Gasteiger partial charge in [-0.1, -0.05) is 0 Å². The lowest BCUT2D eigenvalue weighted by Crippen LogP contribution is -2.33. The Balaban J connectivity index is 1.88. The minimum absolute atomic E-state index is 0.235. The highest BCUT2D eigenvalue weighted by Crippen LogP contribution is 2.31. The second-order valence-corrected chi connectivity index (χ2v) is 3.51.